The maximum absolute atomic E-state index is 12.0. The van der Waals surface area contributed by atoms with E-state index in [4.69, 9.17) is 4.42 Å². The molecule has 5 heteroatoms. The minimum Gasteiger partial charge on any atom is -0.465 e. The van der Waals surface area contributed by atoms with Crippen molar-refractivity contribution in [2.24, 2.45) is 0 Å². The Labute approximate surface area is 113 Å². The first kappa shape index (κ1) is 11.7. The van der Waals surface area contributed by atoms with E-state index < -0.39 is 0 Å². The number of carbonyl (C=O) groups excluding carboxylic acids is 1. The van der Waals surface area contributed by atoms with E-state index in [1.165, 1.54) is 16.0 Å². The zero-order chi connectivity index (χ0) is 13.1. The fraction of sp³-hybridized carbons (Fsp3) is 0. The van der Waals surface area contributed by atoms with Crippen LogP contribution in [-0.2, 0) is 0 Å². The van der Waals surface area contributed by atoms with Gasteiger partial charge in [0.2, 0.25) is 0 Å². The van der Waals surface area contributed by atoms with Crippen LogP contribution in [0.15, 0.2) is 52.6 Å². The monoisotopic (exact) mass is 270 g/mol. The second-order valence-corrected chi connectivity index (χ2v) is 4.76. The van der Waals surface area contributed by atoms with Crippen molar-refractivity contribution >= 4 is 29.4 Å². The largest absolute Gasteiger partial charge is 0.465 e. The minimum absolute atomic E-state index is 0.118. The van der Waals surface area contributed by atoms with Gasteiger partial charge in [0.25, 0.3) is 5.91 Å². The Bertz CT molecular complexity index is 694. The van der Waals surface area contributed by atoms with Gasteiger partial charge in [-0.2, -0.15) is 5.10 Å². The van der Waals surface area contributed by atoms with E-state index in [-0.39, 0.29) is 5.91 Å². The third kappa shape index (κ3) is 2.56. The summed E-state index contributed by atoms with van der Waals surface area (Å²) in [5.74, 6) is 0.631. The van der Waals surface area contributed by atoms with Gasteiger partial charge in [0.1, 0.15) is 5.76 Å². The topological polar surface area (TPSA) is 48.0 Å². The maximum Gasteiger partial charge on any atom is 0.288 e. The molecular formula is C14H10N2O2S. The van der Waals surface area contributed by atoms with Crippen molar-refractivity contribution in [1.82, 2.24) is 9.78 Å². The lowest BCUT2D eigenvalue weighted by molar-refractivity contribution is 0.0949. The molecule has 3 rings (SSSR count). The van der Waals surface area contributed by atoms with Crippen LogP contribution in [0.1, 0.15) is 21.1 Å². The average molecular weight is 270 g/mol. The van der Waals surface area contributed by atoms with Crippen molar-refractivity contribution < 1.29 is 9.21 Å². The third-order valence-electron chi connectivity index (χ3n) is 2.51. The van der Waals surface area contributed by atoms with Crippen LogP contribution in [0.4, 0.5) is 0 Å². The Morgan fingerprint density at radius 1 is 1.26 bits per heavy atom. The minimum atomic E-state index is -0.118. The number of thiophene rings is 1. The van der Waals surface area contributed by atoms with Crippen LogP contribution in [-0.4, -0.2) is 15.7 Å². The van der Waals surface area contributed by atoms with Crippen LogP contribution in [0, 0.1) is 0 Å². The summed E-state index contributed by atoms with van der Waals surface area (Å²) in [6.45, 7) is 0. The average Bonchev–Trinajstić information content (AvgIpc) is 3.16. The standard InChI is InChI=1S/C14H10N2O2S/c17-14(13-4-2-10-19-13)16-8-7-11(15-16)5-6-12-3-1-9-18-12/h1-10H. The summed E-state index contributed by atoms with van der Waals surface area (Å²) in [5.41, 5.74) is 0.710. The van der Waals surface area contributed by atoms with Crippen LogP contribution in [0.2, 0.25) is 0 Å². The van der Waals surface area contributed by atoms with Gasteiger partial charge in [0.05, 0.1) is 16.8 Å². The lowest BCUT2D eigenvalue weighted by Gasteiger charge is -1.95. The van der Waals surface area contributed by atoms with Crippen molar-refractivity contribution in [2.45, 2.75) is 0 Å². The molecule has 0 unspecified atom stereocenters. The van der Waals surface area contributed by atoms with E-state index in [0.29, 0.717) is 10.6 Å². The molecule has 4 nitrogen and oxygen atoms in total. The summed E-state index contributed by atoms with van der Waals surface area (Å²) in [4.78, 5) is 12.7. The SMILES string of the molecule is O=C(c1cccs1)n1ccc(C=Cc2ccco2)n1. The normalized spacial score (nSPS) is 11.2. The highest BCUT2D eigenvalue weighted by molar-refractivity contribution is 7.12. The second kappa shape index (κ2) is 5.07. The highest BCUT2D eigenvalue weighted by atomic mass is 32.1. The van der Waals surface area contributed by atoms with Crippen LogP contribution in [0.3, 0.4) is 0 Å². The predicted molar refractivity (Wildman–Crippen MR) is 73.9 cm³/mol. The van der Waals surface area contributed by atoms with Crippen molar-refractivity contribution in [2.75, 3.05) is 0 Å². The van der Waals surface area contributed by atoms with Crippen LogP contribution in [0.25, 0.3) is 12.2 Å². The summed E-state index contributed by atoms with van der Waals surface area (Å²) >= 11 is 1.40. The van der Waals surface area contributed by atoms with Crippen molar-refractivity contribution in [3.8, 4) is 0 Å². The molecule has 3 aromatic heterocycles. The molecule has 0 amide bonds. The number of carbonyl (C=O) groups is 1. The Hall–Kier alpha value is -2.40. The number of hydrogen-bond acceptors (Lipinski definition) is 4. The quantitative estimate of drug-likeness (QED) is 0.733. The van der Waals surface area contributed by atoms with Crippen molar-refractivity contribution in [1.29, 1.82) is 0 Å². The molecule has 0 aliphatic heterocycles. The number of hydrogen-bond donors (Lipinski definition) is 0. The summed E-state index contributed by atoms with van der Waals surface area (Å²) in [5, 5.41) is 6.08. The first-order chi connectivity index (χ1) is 9.33. The van der Waals surface area contributed by atoms with Crippen LogP contribution in [0.5, 0.6) is 0 Å². The molecule has 0 atom stereocenters. The van der Waals surface area contributed by atoms with E-state index in [1.54, 1.807) is 30.7 Å². The van der Waals surface area contributed by atoms with Gasteiger partial charge in [-0.05, 0) is 41.8 Å². The number of furan rings is 1. The van der Waals surface area contributed by atoms with Crippen molar-refractivity contribution in [3.63, 3.8) is 0 Å². The molecule has 0 aliphatic rings. The number of aromatic nitrogens is 2. The lowest BCUT2D eigenvalue weighted by atomic mass is 10.3. The molecule has 94 valence electrons. The molecule has 0 aliphatic carbocycles. The molecule has 0 fully saturated rings. The van der Waals surface area contributed by atoms with Crippen molar-refractivity contribution in [3.05, 3.63) is 64.5 Å². The molecule has 3 heterocycles. The molecule has 19 heavy (non-hydrogen) atoms. The Morgan fingerprint density at radius 2 is 2.21 bits per heavy atom. The molecular weight excluding hydrogens is 260 g/mol. The molecule has 3 aromatic rings. The fourth-order valence-electron chi connectivity index (χ4n) is 1.61. The Balaban J connectivity index is 1.78. The second-order valence-electron chi connectivity index (χ2n) is 3.82. The maximum atomic E-state index is 12.0. The Kier molecular flexibility index (Phi) is 3.12. The smallest absolute Gasteiger partial charge is 0.288 e. The van der Waals surface area contributed by atoms with E-state index in [0.717, 1.165) is 5.76 Å². The van der Waals surface area contributed by atoms with E-state index in [1.807, 2.05) is 29.7 Å². The van der Waals surface area contributed by atoms with Gasteiger partial charge < -0.3 is 4.42 Å². The summed E-state index contributed by atoms with van der Waals surface area (Å²) in [7, 11) is 0. The highest BCUT2D eigenvalue weighted by Gasteiger charge is 2.09. The Morgan fingerprint density at radius 3 is 2.95 bits per heavy atom. The lowest BCUT2D eigenvalue weighted by Crippen LogP contribution is -2.10. The van der Waals surface area contributed by atoms with Gasteiger partial charge >= 0.3 is 0 Å². The summed E-state index contributed by atoms with van der Waals surface area (Å²) in [6.07, 6.45) is 6.88. The summed E-state index contributed by atoms with van der Waals surface area (Å²) in [6, 6.07) is 9.08. The van der Waals surface area contributed by atoms with Gasteiger partial charge in [0, 0.05) is 6.20 Å². The van der Waals surface area contributed by atoms with Crippen LogP contribution < -0.4 is 0 Å². The first-order valence-electron chi connectivity index (χ1n) is 5.68. The van der Waals surface area contributed by atoms with E-state index >= 15 is 0 Å². The zero-order valence-corrected chi connectivity index (χ0v) is 10.7. The predicted octanol–water partition coefficient (Wildman–Crippen LogP) is 3.40. The molecule has 0 bridgehead atoms. The fourth-order valence-corrected chi connectivity index (χ4v) is 2.26. The van der Waals surface area contributed by atoms with Gasteiger partial charge in [-0.25, -0.2) is 4.68 Å². The van der Waals surface area contributed by atoms with E-state index in [2.05, 4.69) is 5.10 Å². The molecule has 0 N–H and O–H groups in total. The van der Waals surface area contributed by atoms with Gasteiger partial charge in [-0.15, -0.1) is 11.3 Å². The summed E-state index contributed by atoms with van der Waals surface area (Å²) < 4.78 is 6.52. The molecule has 0 saturated heterocycles. The zero-order valence-electron chi connectivity index (χ0n) is 9.89. The van der Waals surface area contributed by atoms with Gasteiger partial charge in [-0.3, -0.25) is 4.79 Å². The molecule has 0 saturated carbocycles. The molecule has 0 aromatic carbocycles. The van der Waals surface area contributed by atoms with Gasteiger partial charge in [0.15, 0.2) is 0 Å². The highest BCUT2D eigenvalue weighted by Crippen LogP contribution is 2.12. The molecule has 0 spiro atoms. The van der Waals surface area contributed by atoms with Crippen LogP contribution >= 0.6 is 11.3 Å². The number of nitrogens with zero attached hydrogens (tertiary/aromatic N) is 2. The first-order valence-corrected chi connectivity index (χ1v) is 6.56. The number of rotatable bonds is 3. The van der Waals surface area contributed by atoms with E-state index in [9.17, 15) is 4.79 Å². The third-order valence-corrected chi connectivity index (χ3v) is 3.37. The molecule has 0 radical (unpaired) electrons. The van der Waals surface area contributed by atoms with Gasteiger partial charge in [-0.1, -0.05) is 6.07 Å².